The van der Waals surface area contributed by atoms with Crippen LogP contribution in [0.2, 0.25) is 0 Å². The third-order valence-electron chi connectivity index (χ3n) is 3.54. The SMILES string of the molecule is CC(C)c1ccc(C(=O)N2CCCC2)c(N(C)C)n1. The standard InChI is InChI=1S/C15H23N3O/c1-11(2)13-8-7-12(14(16-13)17(3)4)15(19)18-9-5-6-10-18/h7-8,11H,5-6,9-10H2,1-4H3. The lowest BCUT2D eigenvalue weighted by Gasteiger charge is -2.21. The van der Waals surface area contributed by atoms with Crippen LogP contribution in [0.1, 0.15) is 48.7 Å². The summed E-state index contributed by atoms with van der Waals surface area (Å²) < 4.78 is 0. The molecule has 1 aromatic rings. The number of hydrogen-bond acceptors (Lipinski definition) is 3. The van der Waals surface area contributed by atoms with Crippen LogP contribution in [0, 0.1) is 0 Å². The van der Waals surface area contributed by atoms with Crippen LogP contribution < -0.4 is 4.90 Å². The smallest absolute Gasteiger partial charge is 0.257 e. The van der Waals surface area contributed by atoms with E-state index in [-0.39, 0.29) is 5.91 Å². The Kier molecular flexibility index (Phi) is 4.08. The predicted molar refractivity (Wildman–Crippen MR) is 77.8 cm³/mol. The summed E-state index contributed by atoms with van der Waals surface area (Å²) in [6, 6.07) is 3.90. The Morgan fingerprint density at radius 3 is 2.42 bits per heavy atom. The topological polar surface area (TPSA) is 36.4 Å². The molecule has 104 valence electrons. The Morgan fingerprint density at radius 2 is 1.89 bits per heavy atom. The lowest BCUT2D eigenvalue weighted by atomic mass is 10.1. The first-order valence-corrected chi connectivity index (χ1v) is 6.98. The highest BCUT2D eigenvalue weighted by atomic mass is 16.2. The van der Waals surface area contributed by atoms with Gasteiger partial charge in [0.1, 0.15) is 5.82 Å². The maximum Gasteiger partial charge on any atom is 0.257 e. The van der Waals surface area contributed by atoms with E-state index in [0.717, 1.165) is 43.0 Å². The van der Waals surface area contributed by atoms with Gasteiger partial charge < -0.3 is 9.80 Å². The van der Waals surface area contributed by atoms with E-state index in [1.807, 2.05) is 36.0 Å². The molecule has 0 aliphatic carbocycles. The van der Waals surface area contributed by atoms with Gasteiger partial charge in [0.15, 0.2) is 0 Å². The van der Waals surface area contributed by atoms with E-state index in [4.69, 9.17) is 0 Å². The summed E-state index contributed by atoms with van der Waals surface area (Å²) >= 11 is 0. The number of carbonyl (C=O) groups excluding carboxylic acids is 1. The van der Waals surface area contributed by atoms with Crippen molar-refractivity contribution in [2.45, 2.75) is 32.6 Å². The summed E-state index contributed by atoms with van der Waals surface area (Å²) in [6.45, 7) is 5.97. The van der Waals surface area contributed by atoms with Crippen molar-refractivity contribution in [2.75, 3.05) is 32.1 Å². The van der Waals surface area contributed by atoms with Crippen molar-refractivity contribution >= 4 is 11.7 Å². The Morgan fingerprint density at radius 1 is 1.26 bits per heavy atom. The van der Waals surface area contributed by atoms with Crippen molar-refractivity contribution < 1.29 is 4.79 Å². The van der Waals surface area contributed by atoms with Crippen molar-refractivity contribution in [3.05, 3.63) is 23.4 Å². The Balaban J connectivity index is 2.35. The zero-order chi connectivity index (χ0) is 14.0. The van der Waals surface area contributed by atoms with E-state index < -0.39 is 0 Å². The van der Waals surface area contributed by atoms with E-state index in [2.05, 4.69) is 18.8 Å². The first-order valence-electron chi connectivity index (χ1n) is 6.98. The molecule has 0 unspecified atom stereocenters. The number of likely N-dealkylation sites (tertiary alicyclic amines) is 1. The molecule has 0 atom stereocenters. The Hall–Kier alpha value is -1.58. The van der Waals surface area contributed by atoms with E-state index in [0.29, 0.717) is 5.92 Å². The highest BCUT2D eigenvalue weighted by molar-refractivity contribution is 5.99. The molecule has 19 heavy (non-hydrogen) atoms. The second-order valence-electron chi connectivity index (χ2n) is 5.66. The van der Waals surface area contributed by atoms with Gasteiger partial charge in [-0.15, -0.1) is 0 Å². The molecule has 1 fully saturated rings. The molecule has 0 aromatic carbocycles. The fourth-order valence-electron chi connectivity index (χ4n) is 2.38. The molecule has 0 bridgehead atoms. The van der Waals surface area contributed by atoms with Gasteiger partial charge in [-0.05, 0) is 30.9 Å². The fraction of sp³-hybridized carbons (Fsp3) is 0.600. The zero-order valence-electron chi connectivity index (χ0n) is 12.3. The molecule has 0 N–H and O–H groups in total. The van der Waals surface area contributed by atoms with Gasteiger partial charge in [-0.3, -0.25) is 4.79 Å². The van der Waals surface area contributed by atoms with Gasteiger partial charge in [0.05, 0.1) is 5.56 Å². The van der Waals surface area contributed by atoms with Crippen LogP contribution in [0.4, 0.5) is 5.82 Å². The molecule has 2 heterocycles. The quantitative estimate of drug-likeness (QED) is 0.839. The lowest BCUT2D eigenvalue weighted by molar-refractivity contribution is 0.0793. The monoisotopic (exact) mass is 261 g/mol. The molecule has 4 nitrogen and oxygen atoms in total. The van der Waals surface area contributed by atoms with Gasteiger partial charge in [-0.2, -0.15) is 0 Å². The molecule has 4 heteroatoms. The average molecular weight is 261 g/mol. The summed E-state index contributed by atoms with van der Waals surface area (Å²) in [4.78, 5) is 21.0. The highest BCUT2D eigenvalue weighted by Gasteiger charge is 2.23. The number of rotatable bonds is 3. The van der Waals surface area contributed by atoms with Crippen molar-refractivity contribution in [1.29, 1.82) is 0 Å². The predicted octanol–water partition coefficient (Wildman–Crippen LogP) is 2.51. The molecule has 2 rings (SSSR count). The van der Waals surface area contributed by atoms with Crippen LogP contribution >= 0.6 is 0 Å². The van der Waals surface area contributed by atoms with Crippen LogP contribution in [-0.4, -0.2) is 43.0 Å². The minimum atomic E-state index is 0.115. The summed E-state index contributed by atoms with van der Waals surface area (Å²) in [7, 11) is 3.88. The third-order valence-corrected chi connectivity index (χ3v) is 3.54. The lowest BCUT2D eigenvalue weighted by Crippen LogP contribution is -2.29. The molecule has 1 aliphatic heterocycles. The van der Waals surface area contributed by atoms with Gasteiger partial charge in [-0.25, -0.2) is 4.98 Å². The molecule has 1 aliphatic rings. The normalized spacial score (nSPS) is 15.1. The van der Waals surface area contributed by atoms with E-state index in [1.165, 1.54) is 0 Å². The maximum atomic E-state index is 12.5. The van der Waals surface area contributed by atoms with Gasteiger partial charge >= 0.3 is 0 Å². The average Bonchev–Trinajstić information content (AvgIpc) is 2.90. The van der Waals surface area contributed by atoms with Crippen LogP contribution in [0.25, 0.3) is 0 Å². The molecule has 1 amide bonds. The second-order valence-corrected chi connectivity index (χ2v) is 5.66. The van der Waals surface area contributed by atoms with Gasteiger partial charge in [0, 0.05) is 32.9 Å². The fourth-order valence-corrected chi connectivity index (χ4v) is 2.38. The number of carbonyl (C=O) groups is 1. The molecular formula is C15H23N3O. The summed E-state index contributed by atoms with van der Waals surface area (Å²) in [5.74, 6) is 1.27. The van der Waals surface area contributed by atoms with Crippen LogP contribution in [0.5, 0.6) is 0 Å². The van der Waals surface area contributed by atoms with E-state index in [9.17, 15) is 4.79 Å². The third kappa shape index (κ3) is 2.88. The first-order chi connectivity index (χ1) is 9.00. The second kappa shape index (κ2) is 5.59. The summed E-state index contributed by atoms with van der Waals surface area (Å²) in [5.41, 5.74) is 1.75. The highest BCUT2D eigenvalue weighted by Crippen LogP contribution is 2.23. The molecule has 1 saturated heterocycles. The summed E-state index contributed by atoms with van der Waals surface area (Å²) in [5, 5.41) is 0. The van der Waals surface area contributed by atoms with Crippen molar-refractivity contribution in [2.24, 2.45) is 0 Å². The molecule has 0 spiro atoms. The van der Waals surface area contributed by atoms with Crippen molar-refractivity contribution in [3.63, 3.8) is 0 Å². The van der Waals surface area contributed by atoms with Crippen LogP contribution in [-0.2, 0) is 0 Å². The first kappa shape index (κ1) is 13.8. The minimum Gasteiger partial charge on any atom is -0.362 e. The number of hydrogen-bond donors (Lipinski definition) is 0. The molecule has 1 aromatic heterocycles. The molecular weight excluding hydrogens is 238 g/mol. The van der Waals surface area contributed by atoms with Gasteiger partial charge in [0.2, 0.25) is 0 Å². The van der Waals surface area contributed by atoms with Gasteiger partial charge in [0.25, 0.3) is 5.91 Å². The van der Waals surface area contributed by atoms with E-state index in [1.54, 1.807) is 0 Å². The molecule has 0 saturated carbocycles. The largest absolute Gasteiger partial charge is 0.362 e. The number of anilines is 1. The number of nitrogens with zero attached hydrogens (tertiary/aromatic N) is 3. The van der Waals surface area contributed by atoms with Crippen molar-refractivity contribution in [1.82, 2.24) is 9.88 Å². The van der Waals surface area contributed by atoms with Crippen LogP contribution in [0.3, 0.4) is 0 Å². The maximum absolute atomic E-state index is 12.5. The zero-order valence-corrected chi connectivity index (χ0v) is 12.3. The van der Waals surface area contributed by atoms with Crippen LogP contribution in [0.15, 0.2) is 12.1 Å². The summed E-state index contributed by atoms with van der Waals surface area (Å²) in [6.07, 6.45) is 2.22. The van der Waals surface area contributed by atoms with Gasteiger partial charge in [-0.1, -0.05) is 13.8 Å². The minimum absolute atomic E-state index is 0.115. The Bertz CT molecular complexity index is 462. The number of aromatic nitrogens is 1. The Labute approximate surface area is 115 Å². The van der Waals surface area contributed by atoms with Crippen molar-refractivity contribution in [3.8, 4) is 0 Å². The number of pyridine rings is 1. The number of amides is 1. The molecule has 0 radical (unpaired) electrons. The van der Waals surface area contributed by atoms with E-state index >= 15 is 0 Å².